The van der Waals surface area contributed by atoms with Crippen molar-refractivity contribution in [2.45, 2.75) is 52.2 Å². The molecular weight excluding hydrogens is 254 g/mol. The predicted molar refractivity (Wildman–Crippen MR) is 78.9 cm³/mol. The van der Waals surface area contributed by atoms with Crippen LogP contribution in [0.5, 0.6) is 5.75 Å². The molecule has 1 aromatic carbocycles. The fraction of sp³-hybridized carbons (Fsp3) is 0.562. The Kier molecular flexibility index (Phi) is 5.01. The van der Waals surface area contributed by atoms with Crippen LogP contribution in [0.4, 0.5) is 5.69 Å². The summed E-state index contributed by atoms with van der Waals surface area (Å²) in [6.07, 6.45) is 4.07. The number of anilines is 1. The van der Waals surface area contributed by atoms with E-state index in [0.29, 0.717) is 5.75 Å². The molecule has 1 amide bonds. The number of aliphatic hydroxyl groups excluding tert-OH is 1. The number of unbranched alkanes of at least 4 members (excludes halogenated alkanes) is 3. The number of nitrogens with zero attached hydrogens (tertiary/aromatic N) is 1. The summed E-state index contributed by atoms with van der Waals surface area (Å²) in [5.41, 5.74) is 1.62. The van der Waals surface area contributed by atoms with Gasteiger partial charge in [-0.3, -0.25) is 4.79 Å². The molecule has 1 unspecified atom stereocenters. The molecule has 0 saturated heterocycles. The third-order valence-electron chi connectivity index (χ3n) is 3.65. The Morgan fingerprint density at radius 1 is 1.30 bits per heavy atom. The third kappa shape index (κ3) is 3.12. The van der Waals surface area contributed by atoms with E-state index in [4.69, 9.17) is 4.74 Å². The Hall–Kier alpha value is -1.55. The minimum absolute atomic E-state index is 0.0184. The topological polar surface area (TPSA) is 49.8 Å². The van der Waals surface area contributed by atoms with Crippen LogP contribution in [0.2, 0.25) is 0 Å². The van der Waals surface area contributed by atoms with E-state index < -0.39 is 6.10 Å². The van der Waals surface area contributed by atoms with E-state index in [2.05, 4.69) is 6.92 Å². The molecule has 0 spiro atoms. The molecule has 20 heavy (non-hydrogen) atoms. The van der Waals surface area contributed by atoms with E-state index in [1.165, 1.54) is 12.8 Å². The molecule has 4 nitrogen and oxygen atoms in total. The fourth-order valence-corrected chi connectivity index (χ4v) is 2.48. The molecule has 1 heterocycles. The molecule has 0 fully saturated rings. The number of carbonyl (C=O) groups excluding carboxylic acids is 1. The maximum absolute atomic E-state index is 12.3. The molecule has 110 valence electrons. The highest BCUT2D eigenvalue weighted by Gasteiger charge is 2.31. The molecular formula is C16H23NO3. The summed E-state index contributed by atoms with van der Waals surface area (Å²) in [7, 11) is 0. The maximum Gasteiger partial charge on any atom is 0.267 e. The smallest absolute Gasteiger partial charge is 0.267 e. The summed E-state index contributed by atoms with van der Waals surface area (Å²) < 4.78 is 5.64. The highest BCUT2D eigenvalue weighted by molar-refractivity contribution is 5.99. The second-order valence-electron chi connectivity index (χ2n) is 5.27. The monoisotopic (exact) mass is 277 g/mol. The Balaban J connectivity index is 2.16. The van der Waals surface area contributed by atoms with Gasteiger partial charge in [-0.25, -0.2) is 0 Å². The molecule has 1 aromatic rings. The Morgan fingerprint density at radius 3 is 2.80 bits per heavy atom. The van der Waals surface area contributed by atoms with Crippen LogP contribution in [-0.2, 0) is 11.4 Å². The van der Waals surface area contributed by atoms with Crippen molar-refractivity contribution in [1.29, 1.82) is 0 Å². The van der Waals surface area contributed by atoms with Crippen LogP contribution in [0.15, 0.2) is 18.2 Å². The van der Waals surface area contributed by atoms with Gasteiger partial charge < -0.3 is 14.7 Å². The average molecular weight is 277 g/mol. The Morgan fingerprint density at radius 2 is 2.10 bits per heavy atom. The van der Waals surface area contributed by atoms with Crippen LogP contribution in [0.3, 0.4) is 0 Å². The lowest BCUT2D eigenvalue weighted by Crippen LogP contribution is -2.44. The quantitative estimate of drug-likeness (QED) is 0.813. The van der Waals surface area contributed by atoms with E-state index in [-0.39, 0.29) is 12.5 Å². The van der Waals surface area contributed by atoms with Gasteiger partial charge in [0.1, 0.15) is 5.75 Å². The predicted octanol–water partition coefficient (Wildman–Crippen LogP) is 2.87. The Labute approximate surface area is 120 Å². The number of benzene rings is 1. The number of rotatable bonds is 6. The first kappa shape index (κ1) is 14.9. The summed E-state index contributed by atoms with van der Waals surface area (Å²) in [6, 6.07) is 5.52. The zero-order valence-electron chi connectivity index (χ0n) is 12.3. The number of aliphatic hydroxyl groups is 1. The number of carbonyl (C=O) groups is 1. The van der Waals surface area contributed by atoms with Gasteiger partial charge in [-0.1, -0.05) is 32.3 Å². The van der Waals surface area contributed by atoms with Crippen LogP contribution in [0, 0.1) is 0 Å². The summed E-state index contributed by atoms with van der Waals surface area (Å²) in [4.78, 5) is 14.1. The van der Waals surface area contributed by atoms with Crippen LogP contribution < -0.4 is 9.64 Å². The molecule has 0 bridgehead atoms. The largest absolute Gasteiger partial charge is 0.479 e. The summed E-state index contributed by atoms with van der Waals surface area (Å²) in [6.45, 7) is 4.66. The molecule has 1 aliphatic heterocycles. The van der Waals surface area contributed by atoms with Gasteiger partial charge in [0.05, 0.1) is 12.3 Å². The lowest BCUT2D eigenvalue weighted by molar-refractivity contribution is -0.125. The second kappa shape index (κ2) is 6.75. The van der Waals surface area contributed by atoms with Crippen molar-refractivity contribution in [1.82, 2.24) is 0 Å². The maximum atomic E-state index is 12.3. The highest BCUT2D eigenvalue weighted by Crippen LogP contribution is 2.35. The molecule has 0 radical (unpaired) electrons. The number of hydrogen-bond donors (Lipinski definition) is 1. The van der Waals surface area contributed by atoms with Gasteiger partial charge in [0.2, 0.25) is 0 Å². The summed E-state index contributed by atoms with van der Waals surface area (Å²) in [5.74, 6) is 0.713. The summed E-state index contributed by atoms with van der Waals surface area (Å²) >= 11 is 0. The van der Waals surface area contributed by atoms with E-state index >= 15 is 0 Å². The first-order valence-electron chi connectivity index (χ1n) is 7.39. The van der Waals surface area contributed by atoms with Crippen LogP contribution in [0.1, 0.15) is 45.1 Å². The lowest BCUT2D eigenvalue weighted by Gasteiger charge is -2.33. The van der Waals surface area contributed by atoms with E-state index in [9.17, 15) is 9.90 Å². The van der Waals surface area contributed by atoms with Crippen molar-refractivity contribution in [2.75, 3.05) is 11.4 Å². The van der Waals surface area contributed by atoms with Crippen molar-refractivity contribution in [3.8, 4) is 5.75 Å². The van der Waals surface area contributed by atoms with Crippen LogP contribution >= 0.6 is 0 Å². The number of fused-ring (bicyclic) bond motifs is 1. The van der Waals surface area contributed by atoms with Gasteiger partial charge >= 0.3 is 0 Å². The zero-order chi connectivity index (χ0) is 14.5. The second-order valence-corrected chi connectivity index (χ2v) is 5.27. The molecule has 1 atom stereocenters. The summed E-state index contributed by atoms with van der Waals surface area (Å²) in [5, 5.41) is 9.19. The van der Waals surface area contributed by atoms with Gasteiger partial charge in [0.25, 0.3) is 5.91 Å². The molecule has 1 N–H and O–H groups in total. The van der Waals surface area contributed by atoms with Gasteiger partial charge in [0, 0.05) is 6.54 Å². The standard InChI is InChI=1S/C16H23NO3/c1-3-4-5-6-9-17-14-8-7-13(11-18)10-15(14)20-12(2)16(17)19/h7-8,10,12,18H,3-6,9,11H2,1-2H3. The molecule has 1 aliphatic rings. The number of amides is 1. The average Bonchev–Trinajstić information content (AvgIpc) is 2.46. The van der Waals surface area contributed by atoms with Gasteiger partial charge in [-0.2, -0.15) is 0 Å². The molecule has 0 aromatic heterocycles. The number of ether oxygens (including phenoxy) is 1. The van der Waals surface area contributed by atoms with E-state index in [0.717, 1.165) is 30.6 Å². The van der Waals surface area contributed by atoms with Crippen molar-refractivity contribution in [3.05, 3.63) is 23.8 Å². The lowest BCUT2D eigenvalue weighted by atomic mass is 10.1. The van der Waals surface area contributed by atoms with Crippen molar-refractivity contribution >= 4 is 11.6 Å². The van der Waals surface area contributed by atoms with Crippen LogP contribution in [0.25, 0.3) is 0 Å². The van der Waals surface area contributed by atoms with Gasteiger partial charge in [-0.05, 0) is 31.0 Å². The van der Waals surface area contributed by atoms with Gasteiger partial charge in [-0.15, -0.1) is 0 Å². The minimum atomic E-state index is -0.456. The molecule has 0 saturated carbocycles. The Bertz CT molecular complexity index is 473. The normalized spacial score (nSPS) is 17.9. The van der Waals surface area contributed by atoms with E-state index in [1.54, 1.807) is 6.92 Å². The minimum Gasteiger partial charge on any atom is -0.479 e. The van der Waals surface area contributed by atoms with Crippen molar-refractivity contribution < 1.29 is 14.6 Å². The zero-order valence-corrected chi connectivity index (χ0v) is 12.3. The molecule has 0 aliphatic carbocycles. The first-order chi connectivity index (χ1) is 9.67. The van der Waals surface area contributed by atoms with Crippen molar-refractivity contribution in [3.63, 3.8) is 0 Å². The number of hydrogen-bond acceptors (Lipinski definition) is 3. The fourth-order valence-electron chi connectivity index (χ4n) is 2.48. The molecule has 2 rings (SSSR count). The molecule has 4 heteroatoms. The SMILES string of the molecule is CCCCCCN1C(=O)C(C)Oc2cc(CO)ccc21. The van der Waals surface area contributed by atoms with Crippen molar-refractivity contribution in [2.24, 2.45) is 0 Å². The van der Waals surface area contributed by atoms with Crippen LogP contribution in [-0.4, -0.2) is 23.7 Å². The first-order valence-corrected chi connectivity index (χ1v) is 7.39. The third-order valence-corrected chi connectivity index (χ3v) is 3.65. The van der Waals surface area contributed by atoms with E-state index in [1.807, 2.05) is 23.1 Å². The van der Waals surface area contributed by atoms with Gasteiger partial charge in [0.15, 0.2) is 6.10 Å². The highest BCUT2D eigenvalue weighted by atomic mass is 16.5.